The lowest BCUT2D eigenvalue weighted by molar-refractivity contribution is 0.0316. The van der Waals surface area contributed by atoms with Gasteiger partial charge in [-0.15, -0.1) is 0 Å². The normalized spacial score (nSPS) is 24.0. The maximum absolute atomic E-state index is 5.32. The first kappa shape index (κ1) is 14.2. The van der Waals surface area contributed by atoms with Crippen molar-refractivity contribution in [2.24, 2.45) is 10.4 Å². The molecule has 0 aromatic carbocycles. The molecular formula is C13H24N2O2S. The van der Waals surface area contributed by atoms with E-state index in [-0.39, 0.29) is 6.10 Å². The Hall–Kier alpha value is -0.260. The van der Waals surface area contributed by atoms with Crippen molar-refractivity contribution in [2.45, 2.75) is 31.8 Å². The molecule has 0 radical (unpaired) electrons. The molecule has 5 heteroatoms. The molecule has 2 rings (SSSR count). The summed E-state index contributed by atoms with van der Waals surface area (Å²) in [4.78, 5) is 4.70. The predicted octanol–water partition coefficient (Wildman–Crippen LogP) is 1.90. The third-order valence-electron chi connectivity index (χ3n) is 3.90. The molecule has 2 aliphatic rings. The molecule has 1 aliphatic carbocycles. The third-order valence-corrected chi connectivity index (χ3v) is 5.21. The van der Waals surface area contributed by atoms with Crippen molar-refractivity contribution in [3.63, 3.8) is 0 Å². The lowest BCUT2D eigenvalue weighted by atomic mass is 9.89. The van der Waals surface area contributed by atoms with Gasteiger partial charge in [0.1, 0.15) is 0 Å². The van der Waals surface area contributed by atoms with E-state index in [1.807, 2.05) is 11.8 Å². The van der Waals surface area contributed by atoms with Crippen molar-refractivity contribution in [3.05, 3.63) is 0 Å². The summed E-state index contributed by atoms with van der Waals surface area (Å²) in [7, 11) is 3.41. The largest absolute Gasteiger partial charge is 0.382 e. The Bertz CT molecular complexity index is 291. The molecule has 18 heavy (non-hydrogen) atoms. The third kappa shape index (κ3) is 3.62. The molecule has 4 nitrogen and oxygen atoms in total. The van der Waals surface area contributed by atoms with Crippen LogP contribution in [0.3, 0.4) is 0 Å². The summed E-state index contributed by atoms with van der Waals surface area (Å²) in [5, 5.41) is 4.45. The van der Waals surface area contributed by atoms with E-state index in [4.69, 9.17) is 14.5 Å². The zero-order valence-electron chi connectivity index (χ0n) is 11.4. The summed E-state index contributed by atoms with van der Waals surface area (Å²) in [6, 6.07) is 0. The first-order valence-electron chi connectivity index (χ1n) is 6.71. The van der Waals surface area contributed by atoms with Crippen LogP contribution in [0, 0.1) is 5.41 Å². The van der Waals surface area contributed by atoms with Crippen LogP contribution in [-0.4, -0.2) is 50.9 Å². The van der Waals surface area contributed by atoms with Crippen LogP contribution in [0.25, 0.3) is 0 Å². The summed E-state index contributed by atoms with van der Waals surface area (Å²) in [5.41, 5.74) is 0.517. The molecule has 1 fully saturated rings. The first-order valence-corrected chi connectivity index (χ1v) is 7.69. The number of hydrogen-bond acceptors (Lipinski definition) is 5. The molecule has 0 bridgehead atoms. The Kier molecular flexibility index (Phi) is 5.33. The number of nitrogens with zero attached hydrogens (tertiary/aromatic N) is 1. The number of aliphatic imine (C=N–C) groups is 1. The highest BCUT2D eigenvalue weighted by Crippen LogP contribution is 2.43. The molecule has 0 saturated heterocycles. The second-order valence-corrected chi connectivity index (χ2v) is 6.28. The lowest BCUT2D eigenvalue weighted by Crippen LogP contribution is -2.38. The van der Waals surface area contributed by atoms with Crippen LogP contribution < -0.4 is 5.32 Å². The molecular weight excluding hydrogens is 248 g/mol. The highest BCUT2D eigenvalue weighted by molar-refractivity contribution is 8.13. The fraction of sp³-hybridized carbons (Fsp3) is 0.923. The van der Waals surface area contributed by atoms with Crippen molar-refractivity contribution in [2.75, 3.05) is 39.7 Å². The van der Waals surface area contributed by atoms with Gasteiger partial charge in [0.15, 0.2) is 5.17 Å². The standard InChI is InChI=1S/C13H24N2O2S/c1-16-8-11(17-2)7-14-12-15-9-13(10-18-12)5-3-4-6-13/h11H,3-10H2,1-2H3,(H,14,15). The van der Waals surface area contributed by atoms with Gasteiger partial charge in [0.2, 0.25) is 0 Å². The maximum Gasteiger partial charge on any atom is 0.156 e. The summed E-state index contributed by atoms with van der Waals surface area (Å²) in [6.45, 7) is 2.39. The highest BCUT2D eigenvalue weighted by atomic mass is 32.2. The van der Waals surface area contributed by atoms with Crippen molar-refractivity contribution < 1.29 is 9.47 Å². The lowest BCUT2D eigenvalue weighted by Gasteiger charge is -2.31. The summed E-state index contributed by atoms with van der Waals surface area (Å²) in [5.74, 6) is 1.22. The van der Waals surface area contributed by atoms with Crippen molar-refractivity contribution in [1.29, 1.82) is 0 Å². The second kappa shape index (κ2) is 6.78. The van der Waals surface area contributed by atoms with Gasteiger partial charge in [-0.1, -0.05) is 24.6 Å². The van der Waals surface area contributed by atoms with Crippen LogP contribution in [0.4, 0.5) is 0 Å². The van der Waals surface area contributed by atoms with Gasteiger partial charge in [-0.2, -0.15) is 0 Å². The average Bonchev–Trinajstić information content (AvgIpc) is 2.85. The Balaban J connectivity index is 1.76. The Morgan fingerprint density at radius 3 is 2.72 bits per heavy atom. The van der Waals surface area contributed by atoms with E-state index < -0.39 is 0 Å². The smallest absolute Gasteiger partial charge is 0.156 e. The SMILES string of the molecule is COCC(CNC1=NCC2(CCCC2)CS1)OC. The van der Waals surface area contributed by atoms with Crippen LogP contribution in [0.15, 0.2) is 4.99 Å². The molecule has 0 aromatic rings. The van der Waals surface area contributed by atoms with E-state index in [2.05, 4.69) is 5.32 Å². The van der Waals surface area contributed by atoms with Gasteiger partial charge < -0.3 is 14.8 Å². The van der Waals surface area contributed by atoms with Crippen LogP contribution >= 0.6 is 11.8 Å². The van der Waals surface area contributed by atoms with Crippen molar-refractivity contribution in [1.82, 2.24) is 5.32 Å². The van der Waals surface area contributed by atoms with Gasteiger partial charge in [0.05, 0.1) is 12.7 Å². The monoisotopic (exact) mass is 272 g/mol. The number of rotatable bonds is 5. The van der Waals surface area contributed by atoms with Gasteiger partial charge in [-0.05, 0) is 18.3 Å². The zero-order valence-corrected chi connectivity index (χ0v) is 12.2. The van der Waals surface area contributed by atoms with E-state index >= 15 is 0 Å². The number of methoxy groups -OCH3 is 2. The van der Waals surface area contributed by atoms with E-state index in [1.165, 1.54) is 31.4 Å². The van der Waals surface area contributed by atoms with Crippen LogP contribution in [0.2, 0.25) is 0 Å². The van der Waals surface area contributed by atoms with E-state index in [0.29, 0.717) is 12.0 Å². The Morgan fingerprint density at radius 2 is 2.17 bits per heavy atom. The number of thioether (sulfide) groups is 1. The number of ether oxygens (including phenoxy) is 2. The molecule has 1 heterocycles. The summed E-state index contributed by atoms with van der Waals surface area (Å²) < 4.78 is 10.4. The number of nitrogens with one attached hydrogen (secondary N) is 1. The van der Waals surface area contributed by atoms with Crippen LogP contribution in [0.1, 0.15) is 25.7 Å². The quantitative estimate of drug-likeness (QED) is 0.830. The summed E-state index contributed by atoms with van der Waals surface area (Å²) in [6.07, 6.45) is 5.60. The molecule has 1 saturated carbocycles. The minimum absolute atomic E-state index is 0.0978. The van der Waals surface area contributed by atoms with Gasteiger partial charge in [0, 0.05) is 33.1 Å². The van der Waals surface area contributed by atoms with Crippen molar-refractivity contribution >= 4 is 16.9 Å². The molecule has 1 atom stereocenters. The Morgan fingerprint density at radius 1 is 1.39 bits per heavy atom. The van der Waals surface area contributed by atoms with Gasteiger partial charge in [-0.25, -0.2) is 0 Å². The van der Waals surface area contributed by atoms with E-state index in [0.717, 1.165) is 18.3 Å². The van der Waals surface area contributed by atoms with Crippen LogP contribution in [0.5, 0.6) is 0 Å². The molecule has 0 amide bonds. The summed E-state index contributed by atoms with van der Waals surface area (Å²) >= 11 is 1.87. The van der Waals surface area contributed by atoms with E-state index in [9.17, 15) is 0 Å². The topological polar surface area (TPSA) is 42.8 Å². The first-order chi connectivity index (χ1) is 8.78. The highest BCUT2D eigenvalue weighted by Gasteiger charge is 2.36. The number of amidine groups is 1. The fourth-order valence-electron chi connectivity index (χ4n) is 2.68. The Labute approximate surface area is 114 Å². The molecule has 1 unspecified atom stereocenters. The molecule has 0 aromatic heterocycles. The minimum Gasteiger partial charge on any atom is -0.382 e. The molecule has 1 aliphatic heterocycles. The predicted molar refractivity (Wildman–Crippen MR) is 76.3 cm³/mol. The van der Waals surface area contributed by atoms with Gasteiger partial charge in [-0.3, -0.25) is 4.99 Å². The maximum atomic E-state index is 5.32. The second-order valence-electron chi connectivity index (χ2n) is 5.31. The molecule has 104 valence electrons. The van der Waals surface area contributed by atoms with E-state index in [1.54, 1.807) is 14.2 Å². The van der Waals surface area contributed by atoms with Gasteiger partial charge in [0.25, 0.3) is 0 Å². The molecule has 1 spiro atoms. The van der Waals surface area contributed by atoms with Crippen molar-refractivity contribution in [3.8, 4) is 0 Å². The zero-order chi connectivity index (χ0) is 12.8. The fourth-order valence-corrected chi connectivity index (χ4v) is 3.85. The average molecular weight is 272 g/mol. The van der Waals surface area contributed by atoms with Gasteiger partial charge >= 0.3 is 0 Å². The molecule has 1 N–H and O–H groups in total. The van der Waals surface area contributed by atoms with Crippen LogP contribution in [-0.2, 0) is 9.47 Å². The minimum atomic E-state index is 0.0978. The number of hydrogen-bond donors (Lipinski definition) is 1.